The van der Waals surface area contributed by atoms with Crippen molar-refractivity contribution in [3.8, 4) is 0 Å². The maximum absolute atomic E-state index is 12.2. The van der Waals surface area contributed by atoms with Crippen LogP contribution in [0, 0.1) is 5.92 Å². The zero-order valence-corrected chi connectivity index (χ0v) is 10.4. The van der Waals surface area contributed by atoms with E-state index in [-0.39, 0.29) is 12.5 Å². The van der Waals surface area contributed by atoms with Crippen LogP contribution in [-0.2, 0) is 11.2 Å². The first-order chi connectivity index (χ1) is 8.78. The molecule has 4 nitrogen and oxygen atoms in total. The Morgan fingerprint density at radius 1 is 1.33 bits per heavy atom. The first-order valence-corrected chi connectivity index (χ1v) is 6.49. The molecular weight excluding hydrogens is 228 g/mol. The van der Waals surface area contributed by atoms with Crippen molar-refractivity contribution in [1.82, 2.24) is 4.90 Å². The normalized spacial score (nSPS) is 19.7. The minimum absolute atomic E-state index is 0.177. The molecule has 0 aromatic heterocycles. The highest BCUT2D eigenvalue weighted by Gasteiger charge is 2.31. The number of carbonyl (C=O) groups is 1. The number of aliphatic hydroxyl groups is 1. The molecule has 18 heavy (non-hydrogen) atoms. The molecule has 1 fully saturated rings. The van der Waals surface area contributed by atoms with Crippen LogP contribution < -0.4 is 4.90 Å². The molecule has 0 radical (unpaired) electrons. The second-order valence-corrected chi connectivity index (χ2v) is 5.17. The fourth-order valence-electron chi connectivity index (χ4n) is 2.80. The molecule has 0 saturated carbocycles. The summed E-state index contributed by atoms with van der Waals surface area (Å²) in [6.45, 7) is 3.20. The third-order valence-electron chi connectivity index (χ3n) is 3.84. The largest absolute Gasteiger partial charge is 0.396 e. The number of hydrogen-bond donors (Lipinski definition) is 1. The van der Waals surface area contributed by atoms with Crippen molar-refractivity contribution >= 4 is 11.6 Å². The highest BCUT2D eigenvalue weighted by atomic mass is 16.3. The third-order valence-corrected chi connectivity index (χ3v) is 3.84. The van der Waals surface area contributed by atoms with Crippen LogP contribution in [0.25, 0.3) is 0 Å². The van der Waals surface area contributed by atoms with Gasteiger partial charge in [0.1, 0.15) is 0 Å². The Balaban J connectivity index is 1.61. The Morgan fingerprint density at radius 3 is 2.89 bits per heavy atom. The number of fused-ring (bicyclic) bond motifs is 1. The number of amides is 1. The average molecular weight is 246 g/mol. The van der Waals surface area contributed by atoms with Crippen LogP contribution in [0.15, 0.2) is 24.3 Å². The highest BCUT2D eigenvalue weighted by molar-refractivity contribution is 5.96. The van der Waals surface area contributed by atoms with Crippen molar-refractivity contribution in [2.45, 2.75) is 6.42 Å². The smallest absolute Gasteiger partial charge is 0.241 e. The summed E-state index contributed by atoms with van der Waals surface area (Å²) in [4.78, 5) is 16.2. The number of hydrogen-bond acceptors (Lipinski definition) is 3. The van der Waals surface area contributed by atoms with Crippen molar-refractivity contribution in [2.75, 3.05) is 37.7 Å². The number of carbonyl (C=O) groups excluding carboxylic acids is 1. The fourth-order valence-corrected chi connectivity index (χ4v) is 2.80. The Bertz CT molecular complexity index is 455. The second-order valence-electron chi connectivity index (χ2n) is 5.17. The summed E-state index contributed by atoms with van der Waals surface area (Å²) in [5.74, 6) is 0.542. The predicted molar refractivity (Wildman–Crippen MR) is 69.5 cm³/mol. The van der Waals surface area contributed by atoms with E-state index in [1.807, 2.05) is 23.1 Å². The quantitative estimate of drug-likeness (QED) is 0.844. The van der Waals surface area contributed by atoms with E-state index in [0.717, 1.165) is 31.7 Å². The number of nitrogens with zero attached hydrogens (tertiary/aromatic N) is 2. The van der Waals surface area contributed by atoms with Crippen LogP contribution in [0.2, 0.25) is 0 Å². The van der Waals surface area contributed by atoms with Crippen LogP contribution in [-0.4, -0.2) is 48.7 Å². The number of benzene rings is 1. The molecule has 0 bridgehead atoms. The van der Waals surface area contributed by atoms with Gasteiger partial charge in [0, 0.05) is 37.8 Å². The minimum atomic E-state index is 0.177. The molecule has 1 aromatic rings. The Labute approximate surface area is 107 Å². The van der Waals surface area contributed by atoms with Gasteiger partial charge in [0.2, 0.25) is 5.91 Å². The molecule has 2 aliphatic heterocycles. The summed E-state index contributed by atoms with van der Waals surface area (Å²) in [6, 6.07) is 8.12. The number of anilines is 1. The summed E-state index contributed by atoms with van der Waals surface area (Å²) in [5, 5.41) is 8.96. The molecule has 0 aliphatic carbocycles. The van der Waals surface area contributed by atoms with Crippen molar-refractivity contribution in [1.29, 1.82) is 0 Å². The lowest BCUT2D eigenvalue weighted by atomic mass is 10.0. The molecule has 2 aliphatic rings. The van der Waals surface area contributed by atoms with E-state index in [2.05, 4.69) is 11.0 Å². The molecule has 0 atom stereocenters. The molecule has 1 saturated heterocycles. The molecular formula is C14H18N2O2. The van der Waals surface area contributed by atoms with Gasteiger partial charge in [-0.25, -0.2) is 0 Å². The van der Waals surface area contributed by atoms with Gasteiger partial charge in [-0.15, -0.1) is 0 Å². The van der Waals surface area contributed by atoms with Gasteiger partial charge in [0.05, 0.1) is 6.54 Å². The van der Waals surface area contributed by atoms with Gasteiger partial charge in [-0.05, 0) is 18.1 Å². The zero-order valence-electron chi connectivity index (χ0n) is 10.4. The van der Waals surface area contributed by atoms with Gasteiger partial charge >= 0.3 is 0 Å². The van der Waals surface area contributed by atoms with Gasteiger partial charge in [0.25, 0.3) is 0 Å². The van der Waals surface area contributed by atoms with Crippen molar-refractivity contribution in [3.63, 3.8) is 0 Å². The molecule has 96 valence electrons. The fraction of sp³-hybridized carbons (Fsp3) is 0.500. The number of para-hydroxylation sites is 1. The monoisotopic (exact) mass is 246 g/mol. The Morgan fingerprint density at radius 2 is 2.11 bits per heavy atom. The highest BCUT2D eigenvalue weighted by Crippen LogP contribution is 2.27. The van der Waals surface area contributed by atoms with Gasteiger partial charge in [-0.3, -0.25) is 9.69 Å². The van der Waals surface area contributed by atoms with E-state index in [1.165, 1.54) is 5.56 Å². The van der Waals surface area contributed by atoms with E-state index < -0.39 is 0 Å². The summed E-state index contributed by atoms with van der Waals surface area (Å²) in [7, 11) is 0. The maximum atomic E-state index is 12.2. The first-order valence-electron chi connectivity index (χ1n) is 6.49. The lowest BCUT2D eigenvalue weighted by Gasteiger charge is -2.38. The molecule has 2 heterocycles. The first kappa shape index (κ1) is 11.7. The molecule has 0 unspecified atom stereocenters. The molecule has 4 heteroatoms. The molecule has 1 amide bonds. The Hall–Kier alpha value is -1.39. The minimum Gasteiger partial charge on any atom is -0.396 e. The van der Waals surface area contributed by atoms with Crippen molar-refractivity contribution in [2.24, 2.45) is 5.92 Å². The van der Waals surface area contributed by atoms with Crippen LogP contribution in [0.1, 0.15) is 5.56 Å². The lowest BCUT2D eigenvalue weighted by molar-refractivity contribution is -0.121. The zero-order chi connectivity index (χ0) is 12.5. The van der Waals surface area contributed by atoms with Crippen LogP contribution in [0.5, 0.6) is 0 Å². The summed E-state index contributed by atoms with van der Waals surface area (Å²) in [6.07, 6.45) is 0.960. The number of likely N-dealkylation sites (tertiary alicyclic amines) is 1. The summed E-state index contributed by atoms with van der Waals surface area (Å²) < 4.78 is 0. The predicted octanol–water partition coefficient (Wildman–Crippen LogP) is 0.500. The van der Waals surface area contributed by atoms with E-state index in [9.17, 15) is 4.79 Å². The Kier molecular flexibility index (Phi) is 3.06. The van der Waals surface area contributed by atoms with Gasteiger partial charge in [-0.2, -0.15) is 0 Å². The van der Waals surface area contributed by atoms with Gasteiger partial charge < -0.3 is 10.0 Å². The summed E-state index contributed by atoms with van der Waals surface area (Å²) in [5.41, 5.74) is 2.34. The molecule has 1 N–H and O–H groups in total. The van der Waals surface area contributed by atoms with E-state index in [0.29, 0.717) is 12.5 Å². The standard InChI is InChI=1S/C14H18N2O2/c17-10-11-7-15(8-11)9-14(18)16-6-5-12-3-1-2-4-13(12)16/h1-4,11,17H,5-10H2. The van der Waals surface area contributed by atoms with Crippen molar-refractivity contribution in [3.05, 3.63) is 29.8 Å². The molecule has 1 aromatic carbocycles. The number of aliphatic hydroxyl groups excluding tert-OH is 1. The second kappa shape index (κ2) is 4.71. The van der Waals surface area contributed by atoms with Crippen LogP contribution in [0.3, 0.4) is 0 Å². The third kappa shape index (κ3) is 2.02. The maximum Gasteiger partial charge on any atom is 0.241 e. The topological polar surface area (TPSA) is 43.8 Å². The van der Waals surface area contributed by atoms with E-state index >= 15 is 0 Å². The van der Waals surface area contributed by atoms with E-state index in [4.69, 9.17) is 5.11 Å². The van der Waals surface area contributed by atoms with E-state index in [1.54, 1.807) is 0 Å². The number of rotatable bonds is 3. The van der Waals surface area contributed by atoms with Gasteiger partial charge in [-0.1, -0.05) is 18.2 Å². The summed E-state index contributed by atoms with van der Waals surface area (Å²) >= 11 is 0. The van der Waals surface area contributed by atoms with Crippen LogP contribution >= 0.6 is 0 Å². The molecule has 3 rings (SSSR count). The molecule has 0 spiro atoms. The van der Waals surface area contributed by atoms with Gasteiger partial charge in [0.15, 0.2) is 0 Å². The average Bonchev–Trinajstić information content (AvgIpc) is 2.76. The lowest BCUT2D eigenvalue weighted by Crippen LogP contribution is -2.52. The SMILES string of the molecule is O=C(CN1CC(CO)C1)N1CCc2ccccc21. The van der Waals surface area contributed by atoms with Crippen molar-refractivity contribution < 1.29 is 9.90 Å². The van der Waals surface area contributed by atoms with Crippen LogP contribution in [0.4, 0.5) is 5.69 Å².